The molecule has 1 aromatic rings. The van der Waals surface area contributed by atoms with Gasteiger partial charge in [0.15, 0.2) is 12.4 Å². The maximum atomic E-state index is 11.8. The van der Waals surface area contributed by atoms with Gasteiger partial charge in [-0.2, -0.15) is 0 Å². The van der Waals surface area contributed by atoms with Crippen LogP contribution >= 0.6 is 0 Å². The number of amides is 1. The fourth-order valence-corrected chi connectivity index (χ4v) is 3.47. The van der Waals surface area contributed by atoms with Crippen molar-refractivity contribution in [3.8, 4) is 5.75 Å². The Labute approximate surface area is 181 Å². The number of nitro groups is 1. The molecule has 0 unspecified atom stereocenters. The minimum absolute atomic E-state index is 0.120. The molecule has 1 amide bonds. The Morgan fingerprint density at radius 2 is 1.37 bits per heavy atom. The topological polar surface area (TPSA) is 81.5 Å². The van der Waals surface area contributed by atoms with Gasteiger partial charge in [-0.05, 0) is 12.5 Å². The van der Waals surface area contributed by atoms with E-state index in [1.165, 1.54) is 89.2 Å². The zero-order valence-corrected chi connectivity index (χ0v) is 18.7. The molecule has 0 aliphatic carbocycles. The Bertz CT molecular complexity index is 592. The third-order valence-electron chi connectivity index (χ3n) is 5.27. The Hall–Kier alpha value is -2.11. The SMILES string of the molecule is CCCCCCCCCCCCCCCCNC(=O)COc1ccccc1[N+](=O)[O-]. The highest BCUT2D eigenvalue weighted by atomic mass is 16.6. The van der Waals surface area contributed by atoms with Crippen molar-refractivity contribution >= 4 is 11.6 Å². The van der Waals surface area contributed by atoms with E-state index >= 15 is 0 Å². The lowest BCUT2D eigenvalue weighted by Crippen LogP contribution is -2.29. The standard InChI is InChI=1S/C24H40N2O4/c1-2-3-4-5-6-7-8-9-10-11-12-13-14-17-20-25-24(27)21-30-23-19-16-15-18-22(23)26(28)29/h15-16,18-19H,2-14,17,20-21H2,1H3,(H,25,27). The van der Waals surface area contributed by atoms with Crippen LogP contribution in [0.1, 0.15) is 96.8 Å². The van der Waals surface area contributed by atoms with Crippen molar-refractivity contribution in [1.82, 2.24) is 5.32 Å². The summed E-state index contributed by atoms with van der Waals surface area (Å²) in [6, 6.07) is 6.08. The Morgan fingerprint density at radius 1 is 0.867 bits per heavy atom. The lowest BCUT2D eigenvalue weighted by molar-refractivity contribution is -0.385. The summed E-state index contributed by atoms with van der Waals surface area (Å²) in [5.41, 5.74) is -0.128. The number of rotatable bonds is 19. The number of nitrogens with one attached hydrogen (secondary N) is 1. The minimum atomic E-state index is -0.512. The van der Waals surface area contributed by atoms with Crippen molar-refractivity contribution in [2.75, 3.05) is 13.2 Å². The van der Waals surface area contributed by atoms with E-state index in [1.807, 2.05) is 0 Å². The molecule has 170 valence electrons. The molecule has 6 heteroatoms. The zero-order valence-electron chi connectivity index (χ0n) is 18.7. The van der Waals surface area contributed by atoms with E-state index in [-0.39, 0.29) is 24.0 Å². The van der Waals surface area contributed by atoms with Crippen molar-refractivity contribution in [1.29, 1.82) is 0 Å². The van der Waals surface area contributed by atoms with Crippen LogP contribution < -0.4 is 10.1 Å². The fourth-order valence-electron chi connectivity index (χ4n) is 3.47. The molecule has 0 aromatic heterocycles. The maximum Gasteiger partial charge on any atom is 0.310 e. The number of hydrogen-bond acceptors (Lipinski definition) is 4. The first-order chi connectivity index (χ1) is 14.6. The van der Waals surface area contributed by atoms with Gasteiger partial charge in [0.1, 0.15) is 0 Å². The minimum Gasteiger partial charge on any atom is -0.477 e. The summed E-state index contributed by atoms with van der Waals surface area (Å²) in [5.74, 6) is -0.128. The second kappa shape index (κ2) is 17.7. The van der Waals surface area contributed by atoms with Gasteiger partial charge in [0, 0.05) is 12.6 Å². The third-order valence-corrected chi connectivity index (χ3v) is 5.27. The summed E-state index contributed by atoms with van der Waals surface area (Å²) in [7, 11) is 0. The van der Waals surface area contributed by atoms with Crippen molar-refractivity contribution < 1.29 is 14.5 Å². The highest BCUT2D eigenvalue weighted by molar-refractivity contribution is 5.77. The molecular formula is C24H40N2O4. The van der Waals surface area contributed by atoms with Crippen LogP contribution in [0.2, 0.25) is 0 Å². The smallest absolute Gasteiger partial charge is 0.310 e. The molecular weight excluding hydrogens is 380 g/mol. The molecule has 1 rings (SSSR count). The van der Waals surface area contributed by atoms with Gasteiger partial charge in [-0.15, -0.1) is 0 Å². The predicted molar refractivity (Wildman–Crippen MR) is 122 cm³/mol. The first kappa shape index (κ1) is 25.9. The van der Waals surface area contributed by atoms with E-state index in [0.29, 0.717) is 6.54 Å². The molecule has 0 fully saturated rings. The highest BCUT2D eigenvalue weighted by Crippen LogP contribution is 2.25. The van der Waals surface area contributed by atoms with Crippen LogP contribution in [0.15, 0.2) is 24.3 Å². The lowest BCUT2D eigenvalue weighted by atomic mass is 10.0. The van der Waals surface area contributed by atoms with Crippen molar-refractivity contribution in [2.45, 2.75) is 96.8 Å². The number of carbonyl (C=O) groups excluding carboxylic acids is 1. The van der Waals surface area contributed by atoms with Gasteiger partial charge in [-0.3, -0.25) is 14.9 Å². The summed E-state index contributed by atoms with van der Waals surface area (Å²) in [6.07, 6.45) is 18.3. The molecule has 0 heterocycles. The fraction of sp³-hybridized carbons (Fsp3) is 0.708. The van der Waals surface area contributed by atoms with Crippen LogP contribution in [0.5, 0.6) is 5.75 Å². The van der Waals surface area contributed by atoms with Crippen molar-refractivity contribution in [3.05, 3.63) is 34.4 Å². The summed E-state index contributed by atoms with van der Waals surface area (Å²) >= 11 is 0. The number of benzene rings is 1. The number of nitrogens with zero attached hydrogens (tertiary/aromatic N) is 1. The molecule has 0 bridgehead atoms. The van der Waals surface area contributed by atoms with Crippen LogP contribution in [-0.4, -0.2) is 24.0 Å². The highest BCUT2D eigenvalue weighted by Gasteiger charge is 2.14. The number of carbonyl (C=O) groups is 1. The molecule has 0 saturated heterocycles. The van der Waals surface area contributed by atoms with Crippen LogP contribution in [0, 0.1) is 10.1 Å². The van der Waals surface area contributed by atoms with Crippen molar-refractivity contribution in [3.63, 3.8) is 0 Å². The lowest BCUT2D eigenvalue weighted by Gasteiger charge is -2.08. The zero-order chi connectivity index (χ0) is 21.9. The van der Waals surface area contributed by atoms with Crippen molar-refractivity contribution in [2.24, 2.45) is 0 Å². The number of nitro benzene ring substituents is 1. The van der Waals surface area contributed by atoms with Gasteiger partial charge >= 0.3 is 5.69 Å². The van der Waals surface area contributed by atoms with Gasteiger partial charge in [0.05, 0.1) is 4.92 Å². The Kier molecular flexibility index (Phi) is 15.3. The van der Waals surface area contributed by atoms with Gasteiger partial charge in [-0.25, -0.2) is 0 Å². The number of unbranched alkanes of at least 4 members (excludes halogenated alkanes) is 13. The average Bonchev–Trinajstić information content (AvgIpc) is 2.75. The van der Waals surface area contributed by atoms with E-state index in [9.17, 15) is 14.9 Å². The van der Waals surface area contributed by atoms with Crippen LogP contribution in [0.4, 0.5) is 5.69 Å². The number of ether oxygens (including phenoxy) is 1. The third kappa shape index (κ3) is 13.2. The Balaban J connectivity index is 1.90. The summed E-state index contributed by atoms with van der Waals surface area (Å²) < 4.78 is 5.28. The first-order valence-electron chi connectivity index (χ1n) is 11.8. The molecule has 0 radical (unpaired) electrons. The average molecular weight is 421 g/mol. The second-order valence-corrected chi connectivity index (χ2v) is 7.96. The molecule has 1 N–H and O–H groups in total. The van der Waals surface area contributed by atoms with E-state index in [0.717, 1.165) is 12.8 Å². The van der Waals surface area contributed by atoms with Gasteiger partial charge < -0.3 is 10.1 Å². The van der Waals surface area contributed by atoms with Crippen LogP contribution in [0.25, 0.3) is 0 Å². The molecule has 0 aliphatic heterocycles. The molecule has 6 nitrogen and oxygen atoms in total. The number of para-hydroxylation sites is 2. The van der Waals surface area contributed by atoms with E-state index < -0.39 is 4.92 Å². The summed E-state index contributed by atoms with van der Waals surface area (Å²) in [5, 5.41) is 13.7. The van der Waals surface area contributed by atoms with E-state index in [1.54, 1.807) is 12.1 Å². The quantitative estimate of drug-likeness (QED) is 0.156. The van der Waals surface area contributed by atoms with Gasteiger partial charge in [-0.1, -0.05) is 103 Å². The second-order valence-electron chi connectivity index (χ2n) is 7.96. The van der Waals surface area contributed by atoms with Crippen LogP contribution in [-0.2, 0) is 4.79 Å². The number of hydrogen-bond donors (Lipinski definition) is 1. The monoisotopic (exact) mass is 420 g/mol. The first-order valence-corrected chi connectivity index (χ1v) is 11.8. The molecule has 30 heavy (non-hydrogen) atoms. The summed E-state index contributed by atoms with van der Waals surface area (Å²) in [4.78, 5) is 22.2. The predicted octanol–water partition coefficient (Wildman–Crippen LogP) is 6.57. The largest absolute Gasteiger partial charge is 0.477 e. The normalized spacial score (nSPS) is 10.7. The molecule has 0 aliphatic rings. The maximum absolute atomic E-state index is 11.8. The summed E-state index contributed by atoms with van der Waals surface area (Å²) in [6.45, 7) is 2.68. The van der Waals surface area contributed by atoms with E-state index in [2.05, 4.69) is 12.2 Å². The molecule has 0 saturated carbocycles. The van der Waals surface area contributed by atoms with Gasteiger partial charge in [0.2, 0.25) is 0 Å². The van der Waals surface area contributed by atoms with E-state index in [4.69, 9.17) is 4.74 Å². The molecule has 1 aromatic carbocycles. The molecule has 0 atom stereocenters. The van der Waals surface area contributed by atoms with Crippen LogP contribution in [0.3, 0.4) is 0 Å². The van der Waals surface area contributed by atoms with Gasteiger partial charge in [0.25, 0.3) is 5.91 Å². The Morgan fingerprint density at radius 3 is 1.90 bits per heavy atom. The molecule has 0 spiro atoms.